The molecule has 0 saturated carbocycles. The Labute approximate surface area is 94.9 Å². The van der Waals surface area contributed by atoms with E-state index in [1.807, 2.05) is 4.68 Å². The summed E-state index contributed by atoms with van der Waals surface area (Å²) < 4.78 is 2.01. The topological polar surface area (TPSA) is 34.0 Å². The predicted molar refractivity (Wildman–Crippen MR) is 63.1 cm³/mol. The Balaban J connectivity index is 1.94. The van der Waals surface area contributed by atoms with Crippen molar-refractivity contribution in [2.24, 2.45) is 0 Å². The minimum atomic E-state index is 0.875. The Bertz CT molecular complexity index is 497. The molecule has 0 amide bonds. The molecule has 3 rings (SSSR count). The maximum atomic E-state index is 4.25. The molecule has 16 heavy (non-hydrogen) atoms. The van der Waals surface area contributed by atoms with Gasteiger partial charge in [-0.1, -0.05) is 17.3 Å². The van der Waals surface area contributed by atoms with Gasteiger partial charge < -0.3 is 0 Å². The van der Waals surface area contributed by atoms with Gasteiger partial charge in [-0.15, -0.1) is 5.10 Å². The summed E-state index contributed by atoms with van der Waals surface area (Å²) >= 11 is 0. The van der Waals surface area contributed by atoms with E-state index in [0.29, 0.717) is 0 Å². The zero-order valence-corrected chi connectivity index (χ0v) is 9.56. The van der Waals surface area contributed by atoms with E-state index in [-0.39, 0.29) is 0 Å². The van der Waals surface area contributed by atoms with Crippen LogP contribution < -0.4 is 0 Å². The van der Waals surface area contributed by atoms with Crippen molar-refractivity contribution in [3.8, 4) is 0 Å². The van der Waals surface area contributed by atoms with Gasteiger partial charge in [0, 0.05) is 0 Å². The average Bonchev–Trinajstić information content (AvgIpc) is 2.90. The normalized spacial score (nSPS) is 17.3. The van der Waals surface area contributed by atoms with Crippen LogP contribution in [-0.2, 0) is 6.67 Å². The van der Waals surface area contributed by atoms with Crippen LogP contribution in [0.1, 0.15) is 18.4 Å². The fourth-order valence-corrected chi connectivity index (χ4v) is 2.35. The van der Waals surface area contributed by atoms with Gasteiger partial charge >= 0.3 is 0 Å². The quantitative estimate of drug-likeness (QED) is 0.767. The number of aryl methyl sites for hydroxylation is 1. The van der Waals surface area contributed by atoms with Crippen molar-refractivity contribution in [2.45, 2.75) is 26.4 Å². The Morgan fingerprint density at radius 3 is 2.88 bits per heavy atom. The summed E-state index contributed by atoms with van der Waals surface area (Å²) in [5.41, 5.74) is 3.37. The van der Waals surface area contributed by atoms with Gasteiger partial charge in [-0.25, -0.2) is 4.68 Å². The number of nitrogens with zero attached hydrogens (tertiary/aromatic N) is 4. The van der Waals surface area contributed by atoms with E-state index < -0.39 is 0 Å². The van der Waals surface area contributed by atoms with Gasteiger partial charge in [0.15, 0.2) is 0 Å². The first-order valence-corrected chi connectivity index (χ1v) is 5.86. The van der Waals surface area contributed by atoms with Crippen molar-refractivity contribution in [3.05, 3.63) is 23.8 Å². The smallest absolute Gasteiger partial charge is 0.116 e. The molecule has 0 bridgehead atoms. The van der Waals surface area contributed by atoms with Crippen LogP contribution in [0, 0.1) is 6.92 Å². The molecule has 1 aromatic heterocycles. The van der Waals surface area contributed by atoms with Gasteiger partial charge in [-0.05, 0) is 44.5 Å². The highest BCUT2D eigenvalue weighted by atomic mass is 15.5. The Morgan fingerprint density at radius 1 is 1.25 bits per heavy atom. The molecule has 2 heterocycles. The predicted octanol–water partition coefficient (Wildman–Crippen LogP) is 1.79. The van der Waals surface area contributed by atoms with Crippen molar-refractivity contribution < 1.29 is 0 Å². The fraction of sp³-hybridized carbons (Fsp3) is 0.500. The molecule has 0 aliphatic carbocycles. The zero-order chi connectivity index (χ0) is 11.0. The molecule has 1 fully saturated rings. The highest BCUT2D eigenvalue weighted by Crippen LogP contribution is 2.16. The minimum absolute atomic E-state index is 0.875. The van der Waals surface area contributed by atoms with Crippen LogP contribution in [0.15, 0.2) is 18.2 Å². The molecular formula is C12H16N4. The van der Waals surface area contributed by atoms with E-state index in [9.17, 15) is 0 Å². The van der Waals surface area contributed by atoms with Gasteiger partial charge in [-0.3, -0.25) is 4.90 Å². The molecule has 1 aromatic carbocycles. The van der Waals surface area contributed by atoms with Gasteiger partial charge in [0.1, 0.15) is 5.52 Å². The van der Waals surface area contributed by atoms with Gasteiger partial charge in [-0.2, -0.15) is 0 Å². The van der Waals surface area contributed by atoms with E-state index in [0.717, 1.165) is 17.7 Å². The molecular weight excluding hydrogens is 200 g/mol. The standard InChI is InChI=1S/C12H16N4/c1-10-5-4-6-11-12(10)13-14-16(11)9-15-7-2-3-8-15/h4-6H,2-3,7-9H2,1H3. The van der Waals surface area contributed by atoms with Crippen molar-refractivity contribution in [1.29, 1.82) is 0 Å². The minimum Gasteiger partial charge on any atom is -0.284 e. The second kappa shape index (κ2) is 3.87. The summed E-state index contributed by atoms with van der Waals surface area (Å²) in [7, 11) is 0. The number of likely N-dealkylation sites (tertiary alicyclic amines) is 1. The number of hydrogen-bond acceptors (Lipinski definition) is 3. The molecule has 1 aliphatic heterocycles. The van der Waals surface area contributed by atoms with Crippen LogP contribution in [0.25, 0.3) is 11.0 Å². The Hall–Kier alpha value is -1.42. The lowest BCUT2D eigenvalue weighted by Gasteiger charge is -2.14. The second-order valence-corrected chi connectivity index (χ2v) is 4.50. The largest absolute Gasteiger partial charge is 0.284 e. The highest BCUT2D eigenvalue weighted by molar-refractivity contribution is 5.77. The third-order valence-electron chi connectivity index (χ3n) is 3.28. The van der Waals surface area contributed by atoms with Gasteiger partial charge in [0.25, 0.3) is 0 Å². The fourth-order valence-electron chi connectivity index (χ4n) is 2.35. The first kappa shape index (κ1) is 9.78. The van der Waals surface area contributed by atoms with Gasteiger partial charge in [0.2, 0.25) is 0 Å². The van der Waals surface area contributed by atoms with E-state index in [1.54, 1.807) is 0 Å². The number of aromatic nitrogens is 3. The molecule has 1 aliphatic rings. The number of benzene rings is 1. The van der Waals surface area contributed by atoms with Crippen LogP contribution in [0.2, 0.25) is 0 Å². The molecule has 0 atom stereocenters. The molecule has 0 spiro atoms. The average molecular weight is 216 g/mol. The van der Waals surface area contributed by atoms with E-state index in [4.69, 9.17) is 0 Å². The molecule has 4 nitrogen and oxygen atoms in total. The van der Waals surface area contributed by atoms with Crippen LogP contribution in [-0.4, -0.2) is 33.0 Å². The summed E-state index contributed by atoms with van der Waals surface area (Å²) in [4.78, 5) is 2.43. The van der Waals surface area contributed by atoms with Crippen molar-refractivity contribution in [2.75, 3.05) is 13.1 Å². The van der Waals surface area contributed by atoms with Crippen LogP contribution >= 0.6 is 0 Å². The maximum absolute atomic E-state index is 4.25. The van der Waals surface area contributed by atoms with E-state index >= 15 is 0 Å². The Morgan fingerprint density at radius 2 is 2.06 bits per heavy atom. The molecule has 4 heteroatoms. The monoisotopic (exact) mass is 216 g/mol. The van der Waals surface area contributed by atoms with E-state index in [1.165, 1.54) is 31.5 Å². The number of hydrogen-bond donors (Lipinski definition) is 0. The lowest BCUT2D eigenvalue weighted by molar-refractivity contribution is 0.257. The molecule has 84 valence electrons. The van der Waals surface area contributed by atoms with E-state index in [2.05, 4.69) is 40.3 Å². The highest BCUT2D eigenvalue weighted by Gasteiger charge is 2.14. The van der Waals surface area contributed by atoms with Crippen molar-refractivity contribution in [3.63, 3.8) is 0 Å². The molecule has 1 saturated heterocycles. The number of rotatable bonds is 2. The lowest BCUT2D eigenvalue weighted by atomic mass is 10.2. The van der Waals surface area contributed by atoms with Crippen LogP contribution in [0.3, 0.4) is 0 Å². The first-order valence-electron chi connectivity index (χ1n) is 5.86. The Kier molecular flexibility index (Phi) is 2.36. The first-order chi connectivity index (χ1) is 7.84. The van der Waals surface area contributed by atoms with Gasteiger partial charge in [0.05, 0.1) is 12.2 Å². The van der Waals surface area contributed by atoms with Crippen molar-refractivity contribution in [1.82, 2.24) is 19.9 Å². The van der Waals surface area contributed by atoms with Crippen LogP contribution in [0.4, 0.5) is 0 Å². The molecule has 2 aromatic rings. The zero-order valence-electron chi connectivity index (χ0n) is 9.56. The summed E-state index contributed by atoms with van der Waals surface area (Å²) in [6.45, 7) is 5.33. The molecule has 0 unspecified atom stereocenters. The third-order valence-corrected chi connectivity index (χ3v) is 3.28. The maximum Gasteiger partial charge on any atom is 0.116 e. The second-order valence-electron chi connectivity index (χ2n) is 4.50. The summed E-state index contributed by atoms with van der Waals surface area (Å²) in [5.74, 6) is 0. The molecule has 0 N–H and O–H groups in total. The summed E-state index contributed by atoms with van der Waals surface area (Å²) in [6.07, 6.45) is 2.62. The summed E-state index contributed by atoms with van der Waals surface area (Å²) in [5, 5.41) is 8.49. The summed E-state index contributed by atoms with van der Waals surface area (Å²) in [6, 6.07) is 6.25. The van der Waals surface area contributed by atoms with Crippen LogP contribution in [0.5, 0.6) is 0 Å². The number of fused-ring (bicyclic) bond motifs is 1. The lowest BCUT2D eigenvalue weighted by Crippen LogP contribution is -2.23. The SMILES string of the molecule is Cc1cccc2c1nnn2CN1CCCC1. The van der Waals surface area contributed by atoms with Crippen molar-refractivity contribution >= 4 is 11.0 Å². The molecule has 0 radical (unpaired) electrons. The third kappa shape index (κ3) is 1.59.